The molecular weight excluding hydrogens is 216 g/mol. The number of aryl methyl sites for hydroxylation is 1. The first kappa shape index (κ1) is 13.7. The molecule has 0 saturated heterocycles. The molecule has 1 heterocycles. The van der Waals surface area contributed by atoms with E-state index in [1.807, 2.05) is 11.3 Å². The first-order chi connectivity index (χ1) is 7.65. The molecule has 0 aliphatic rings. The molecular formula is C13H24N2S. The third kappa shape index (κ3) is 4.24. The fraction of sp³-hybridized carbons (Fsp3) is 0.692. The SMILES string of the molecule is CCc1ccsc1CNCCC(N)C(C)C. The van der Waals surface area contributed by atoms with Crippen LogP contribution in [0.5, 0.6) is 0 Å². The Morgan fingerprint density at radius 2 is 2.19 bits per heavy atom. The molecule has 2 nitrogen and oxygen atoms in total. The fourth-order valence-corrected chi connectivity index (χ4v) is 2.59. The smallest absolute Gasteiger partial charge is 0.0302 e. The molecule has 0 saturated carbocycles. The maximum atomic E-state index is 5.99. The molecule has 0 fully saturated rings. The second kappa shape index (κ2) is 7.05. The molecule has 1 aromatic heterocycles. The van der Waals surface area contributed by atoms with Crippen LogP contribution in [0.15, 0.2) is 11.4 Å². The van der Waals surface area contributed by atoms with E-state index >= 15 is 0 Å². The van der Waals surface area contributed by atoms with E-state index in [1.165, 1.54) is 10.4 Å². The highest BCUT2D eigenvalue weighted by Crippen LogP contribution is 2.16. The Morgan fingerprint density at radius 1 is 1.44 bits per heavy atom. The quantitative estimate of drug-likeness (QED) is 0.719. The van der Waals surface area contributed by atoms with Gasteiger partial charge in [-0.3, -0.25) is 0 Å². The molecule has 3 heteroatoms. The van der Waals surface area contributed by atoms with Crippen molar-refractivity contribution in [2.75, 3.05) is 6.54 Å². The molecule has 3 N–H and O–H groups in total. The predicted octanol–water partition coefficient (Wildman–Crippen LogP) is 2.77. The second-order valence-electron chi connectivity index (χ2n) is 4.60. The van der Waals surface area contributed by atoms with E-state index in [0.29, 0.717) is 12.0 Å². The summed E-state index contributed by atoms with van der Waals surface area (Å²) < 4.78 is 0. The molecule has 92 valence electrons. The summed E-state index contributed by atoms with van der Waals surface area (Å²) in [6.07, 6.45) is 2.19. The van der Waals surface area contributed by atoms with E-state index in [1.54, 1.807) is 0 Å². The monoisotopic (exact) mass is 240 g/mol. The van der Waals surface area contributed by atoms with Crippen molar-refractivity contribution in [1.82, 2.24) is 5.32 Å². The normalized spacial score (nSPS) is 13.3. The van der Waals surface area contributed by atoms with Crippen molar-refractivity contribution < 1.29 is 0 Å². The zero-order chi connectivity index (χ0) is 12.0. The number of nitrogens with two attached hydrogens (primary N) is 1. The summed E-state index contributed by atoms with van der Waals surface area (Å²) in [5, 5.41) is 5.65. The highest BCUT2D eigenvalue weighted by molar-refractivity contribution is 7.10. The molecule has 1 aromatic rings. The standard InChI is InChI=1S/C13H24N2S/c1-4-11-6-8-16-13(11)9-15-7-5-12(14)10(2)3/h6,8,10,12,15H,4-5,7,9,14H2,1-3H3. The van der Waals surface area contributed by atoms with Gasteiger partial charge in [-0.25, -0.2) is 0 Å². The highest BCUT2D eigenvalue weighted by atomic mass is 32.1. The van der Waals surface area contributed by atoms with Crippen molar-refractivity contribution in [3.63, 3.8) is 0 Å². The molecule has 0 aliphatic carbocycles. The topological polar surface area (TPSA) is 38.0 Å². The van der Waals surface area contributed by atoms with Crippen molar-refractivity contribution in [3.8, 4) is 0 Å². The molecule has 16 heavy (non-hydrogen) atoms. The Balaban J connectivity index is 2.21. The molecule has 0 bridgehead atoms. The van der Waals surface area contributed by atoms with Crippen LogP contribution in [0.2, 0.25) is 0 Å². The lowest BCUT2D eigenvalue weighted by atomic mass is 10.0. The van der Waals surface area contributed by atoms with Crippen LogP contribution in [-0.2, 0) is 13.0 Å². The average Bonchev–Trinajstić information content (AvgIpc) is 2.71. The van der Waals surface area contributed by atoms with Gasteiger partial charge >= 0.3 is 0 Å². The van der Waals surface area contributed by atoms with Crippen LogP contribution >= 0.6 is 11.3 Å². The largest absolute Gasteiger partial charge is 0.327 e. The maximum absolute atomic E-state index is 5.99. The molecule has 0 radical (unpaired) electrons. The van der Waals surface area contributed by atoms with Gasteiger partial charge in [0, 0.05) is 17.5 Å². The summed E-state index contributed by atoms with van der Waals surface area (Å²) >= 11 is 1.85. The van der Waals surface area contributed by atoms with E-state index in [4.69, 9.17) is 5.73 Å². The van der Waals surface area contributed by atoms with Crippen LogP contribution in [0.25, 0.3) is 0 Å². The zero-order valence-electron chi connectivity index (χ0n) is 10.6. The average molecular weight is 240 g/mol. The Morgan fingerprint density at radius 3 is 2.81 bits per heavy atom. The number of nitrogens with one attached hydrogen (secondary N) is 1. The van der Waals surface area contributed by atoms with Crippen LogP contribution in [0, 0.1) is 5.92 Å². The number of hydrogen-bond acceptors (Lipinski definition) is 3. The Hall–Kier alpha value is -0.380. The fourth-order valence-electron chi connectivity index (χ4n) is 1.64. The van der Waals surface area contributed by atoms with Gasteiger partial charge in [0.05, 0.1) is 0 Å². The Bertz CT molecular complexity index is 294. The van der Waals surface area contributed by atoms with E-state index in [2.05, 4.69) is 37.5 Å². The molecule has 0 spiro atoms. The number of thiophene rings is 1. The maximum Gasteiger partial charge on any atom is 0.0302 e. The van der Waals surface area contributed by atoms with E-state index < -0.39 is 0 Å². The van der Waals surface area contributed by atoms with Crippen LogP contribution in [0.1, 0.15) is 37.6 Å². The van der Waals surface area contributed by atoms with E-state index in [9.17, 15) is 0 Å². The van der Waals surface area contributed by atoms with Crippen molar-refractivity contribution >= 4 is 11.3 Å². The summed E-state index contributed by atoms with van der Waals surface area (Å²) in [5.41, 5.74) is 7.47. The van der Waals surface area contributed by atoms with Crippen molar-refractivity contribution in [2.45, 2.75) is 46.2 Å². The van der Waals surface area contributed by atoms with Crippen molar-refractivity contribution in [2.24, 2.45) is 11.7 Å². The number of rotatable bonds is 7. The van der Waals surface area contributed by atoms with Gasteiger partial charge in [0.15, 0.2) is 0 Å². The molecule has 1 atom stereocenters. The number of hydrogen-bond donors (Lipinski definition) is 2. The second-order valence-corrected chi connectivity index (χ2v) is 5.60. The lowest BCUT2D eigenvalue weighted by Gasteiger charge is -2.15. The van der Waals surface area contributed by atoms with Gasteiger partial charge in [-0.05, 0) is 42.3 Å². The third-order valence-electron chi connectivity index (χ3n) is 3.01. The van der Waals surface area contributed by atoms with Crippen molar-refractivity contribution in [3.05, 3.63) is 21.9 Å². The van der Waals surface area contributed by atoms with E-state index in [-0.39, 0.29) is 0 Å². The van der Waals surface area contributed by atoms with Gasteiger partial charge in [-0.2, -0.15) is 0 Å². The van der Waals surface area contributed by atoms with Gasteiger partial charge < -0.3 is 11.1 Å². The van der Waals surface area contributed by atoms with Gasteiger partial charge in [-0.1, -0.05) is 20.8 Å². The molecule has 0 aromatic carbocycles. The molecule has 1 unspecified atom stereocenters. The lowest BCUT2D eigenvalue weighted by Crippen LogP contribution is -2.30. The summed E-state index contributed by atoms with van der Waals surface area (Å²) in [6.45, 7) is 8.57. The minimum Gasteiger partial charge on any atom is -0.327 e. The molecule has 0 amide bonds. The first-order valence-electron chi connectivity index (χ1n) is 6.16. The minimum atomic E-state index is 0.321. The zero-order valence-corrected chi connectivity index (χ0v) is 11.4. The summed E-state index contributed by atoms with van der Waals surface area (Å²) in [6, 6.07) is 2.54. The summed E-state index contributed by atoms with van der Waals surface area (Å²) in [5.74, 6) is 0.578. The lowest BCUT2D eigenvalue weighted by molar-refractivity contribution is 0.450. The third-order valence-corrected chi connectivity index (χ3v) is 3.98. The Kier molecular flexibility index (Phi) is 6.03. The van der Waals surface area contributed by atoms with Gasteiger partial charge in [0.1, 0.15) is 0 Å². The molecule has 1 rings (SSSR count). The Labute approximate surface area is 103 Å². The summed E-state index contributed by atoms with van der Waals surface area (Å²) in [7, 11) is 0. The van der Waals surface area contributed by atoms with Crippen molar-refractivity contribution in [1.29, 1.82) is 0 Å². The van der Waals surface area contributed by atoms with E-state index in [0.717, 1.165) is 25.9 Å². The van der Waals surface area contributed by atoms with Crippen LogP contribution in [0.4, 0.5) is 0 Å². The van der Waals surface area contributed by atoms with Gasteiger partial charge in [0.2, 0.25) is 0 Å². The van der Waals surface area contributed by atoms with Gasteiger partial charge in [0.25, 0.3) is 0 Å². The first-order valence-corrected chi connectivity index (χ1v) is 7.04. The van der Waals surface area contributed by atoms with Crippen LogP contribution in [-0.4, -0.2) is 12.6 Å². The minimum absolute atomic E-state index is 0.321. The van der Waals surface area contributed by atoms with Gasteiger partial charge in [-0.15, -0.1) is 11.3 Å². The highest BCUT2D eigenvalue weighted by Gasteiger charge is 2.07. The molecule has 0 aliphatic heterocycles. The van der Waals surface area contributed by atoms with Crippen LogP contribution < -0.4 is 11.1 Å². The predicted molar refractivity (Wildman–Crippen MR) is 72.8 cm³/mol. The summed E-state index contributed by atoms with van der Waals surface area (Å²) in [4.78, 5) is 1.47. The van der Waals surface area contributed by atoms with Crippen LogP contribution in [0.3, 0.4) is 0 Å².